The molecular weight excluding hydrogens is 352 g/mol. The van der Waals surface area contributed by atoms with Gasteiger partial charge in [-0.3, -0.25) is 10.2 Å². The molecular formula is C22H26N4O2. The maximum absolute atomic E-state index is 12.6. The van der Waals surface area contributed by atoms with E-state index < -0.39 is 0 Å². The van der Waals surface area contributed by atoms with E-state index in [1.165, 1.54) is 0 Å². The van der Waals surface area contributed by atoms with Crippen molar-refractivity contribution >= 4 is 11.7 Å². The fourth-order valence-corrected chi connectivity index (χ4v) is 3.31. The average molecular weight is 378 g/mol. The molecule has 0 bridgehead atoms. The lowest BCUT2D eigenvalue weighted by Gasteiger charge is -2.27. The highest BCUT2D eigenvalue weighted by molar-refractivity contribution is 6.00. The van der Waals surface area contributed by atoms with Gasteiger partial charge in [0.1, 0.15) is 12.0 Å². The molecule has 0 radical (unpaired) electrons. The molecule has 2 aliphatic rings. The largest absolute Gasteiger partial charge is 0.462 e. The van der Waals surface area contributed by atoms with Gasteiger partial charge in [-0.2, -0.15) is 0 Å². The van der Waals surface area contributed by atoms with E-state index in [9.17, 15) is 4.79 Å². The Bertz CT molecular complexity index is 824. The molecule has 1 aliphatic heterocycles. The van der Waals surface area contributed by atoms with Crippen LogP contribution in [0.4, 0.5) is 0 Å². The first-order valence-electron chi connectivity index (χ1n) is 9.51. The number of hydrogen-bond acceptors (Lipinski definition) is 4. The maximum Gasteiger partial charge on any atom is 0.185 e. The smallest absolute Gasteiger partial charge is 0.185 e. The number of ether oxygens (including phenoxy) is 1. The lowest BCUT2D eigenvalue weighted by molar-refractivity contribution is -0.115. The summed E-state index contributed by atoms with van der Waals surface area (Å²) in [6, 6.07) is 9.79. The van der Waals surface area contributed by atoms with Crippen LogP contribution < -0.4 is 11.1 Å². The quantitative estimate of drug-likeness (QED) is 0.367. The number of rotatable bonds is 8. The van der Waals surface area contributed by atoms with Gasteiger partial charge in [0, 0.05) is 31.1 Å². The topological polar surface area (TPSA) is 91.4 Å². The van der Waals surface area contributed by atoms with Crippen LogP contribution in [0.25, 0.3) is 0 Å². The molecule has 28 heavy (non-hydrogen) atoms. The number of benzene rings is 1. The monoisotopic (exact) mass is 378 g/mol. The number of ketones is 1. The lowest BCUT2D eigenvalue weighted by atomic mass is 9.83. The molecule has 1 atom stereocenters. The fraction of sp³-hybridized carbons (Fsp3) is 0.273. The van der Waals surface area contributed by atoms with E-state index in [1.807, 2.05) is 48.8 Å². The number of guanidine groups is 1. The fourth-order valence-electron chi connectivity index (χ4n) is 3.31. The molecule has 0 spiro atoms. The number of nitrogens with one attached hydrogen (secondary N) is 2. The number of allylic oxidation sites excluding steroid dienone is 4. The van der Waals surface area contributed by atoms with Crippen LogP contribution in [0.1, 0.15) is 30.7 Å². The minimum atomic E-state index is -0.344. The summed E-state index contributed by atoms with van der Waals surface area (Å²) >= 11 is 0. The molecule has 1 aromatic rings. The molecule has 0 aromatic heterocycles. The number of nitrogens with zero attached hydrogens (tertiary/aromatic N) is 1. The Morgan fingerprint density at radius 3 is 2.82 bits per heavy atom. The first-order valence-corrected chi connectivity index (χ1v) is 9.51. The first-order chi connectivity index (χ1) is 13.6. The summed E-state index contributed by atoms with van der Waals surface area (Å²) in [5, 5.41) is 9.96. The zero-order valence-electron chi connectivity index (χ0n) is 15.8. The summed E-state index contributed by atoms with van der Waals surface area (Å²) in [7, 11) is 0. The van der Waals surface area contributed by atoms with Gasteiger partial charge in [-0.05, 0) is 30.9 Å². The third-order valence-corrected chi connectivity index (χ3v) is 4.69. The van der Waals surface area contributed by atoms with Crippen molar-refractivity contribution in [1.82, 2.24) is 10.2 Å². The predicted molar refractivity (Wildman–Crippen MR) is 110 cm³/mol. The summed E-state index contributed by atoms with van der Waals surface area (Å²) in [5.41, 5.74) is 7.11. The molecule has 0 amide bonds. The van der Waals surface area contributed by atoms with E-state index >= 15 is 0 Å². The molecule has 4 N–H and O–H groups in total. The van der Waals surface area contributed by atoms with Crippen molar-refractivity contribution in [2.45, 2.75) is 25.2 Å². The van der Waals surface area contributed by atoms with Crippen molar-refractivity contribution in [1.29, 1.82) is 5.41 Å². The second kappa shape index (κ2) is 9.60. The van der Waals surface area contributed by atoms with Crippen LogP contribution in [0, 0.1) is 5.41 Å². The molecule has 6 nitrogen and oxygen atoms in total. The summed E-state index contributed by atoms with van der Waals surface area (Å²) < 4.78 is 5.76. The minimum absolute atomic E-state index is 0.0148. The summed E-state index contributed by atoms with van der Waals surface area (Å²) in [6.07, 6.45) is 13.9. The molecule has 0 saturated heterocycles. The Morgan fingerprint density at radius 2 is 2.04 bits per heavy atom. The Balaban J connectivity index is 1.63. The molecule has 1 heterocycles. The molecule has 6 heteroatoms. The molecule has 1 unspecified atom stereocenters. The van der Waals surface area contributed by atoms with Gasteiger partial charge in [0.15, 0.2) is 11.7 Å². The SMILES string of the molecule is N=C(N)NCCCCCN1C=COC(C2=CC=CC(=O)C2c2ccccc2)=C1. The summed E-state index contributed by atoms with van der Waals surface area (Å²) in [4.78, 5) is 14.7. The highest BCUT2D eigenvalue weighted by atomic mass is 16.5. The van der Waals surface area contributed by atoms with Gasteiger partial charge in [-0.25, -0.2) is 0 Å². The van der Waals surface area contributed by atoms with Gasteiger partial charge in [0.2, 0.25) is 0 Å². The van der Waals surface area contributed by atoms with Crippen molar-refractivity contribution in [2.24, 2.45) is 5.73 Å². The highest BCUT2D eigenvalue weighted by Gasteiger charge is 2.29. The van der Waals surface area contributed by atoms with Gasteiger partial charge in [-0.15, -0.1) is 0 Å². The van der Waals surface area contributed by atoms with Crippen molar-refractivity contribution in [3.8, 4) is 0 Å². The van der Waals surface area contributed by atoms with Crippen LogP contribution in [0.3, 0.4) is 0 Å². The Hall–Kier alpha value is -3.28. The van der Waals surface area contributed by atoms with E-state index in [0.717, 1.165) is 43.5 Å². The molecule has 0 fully saturated rings. The normalized spacial score (nSPS) is 18.4. The Kier molecular flexibility index (Phi) is 6.68. The number of carbonyl (C=O) groups is 1. The van der Waals surface area contributed by atoms with Crippen LogP contribution >= 0.6 is 0 Å². The number of nitrogens with two attached hydrogens (primary N) is 1. The van der Waals surface area contributed by atoms with Gasteiger partial charge in [0.25, 0.3) is 0 Å². The van der Waals surface area contributed by atoms with Gasteiger partial charge in [0.05, 0.1) is 5.92 Å². The highest BCUT2D eigenvalue weighted by Crippen LogP contribution is 2.35. The second-order valence-electron chi connectivity index (χ2n) is 6.76. The Labute approximate surface area is 165 Å². The third-order valence-electron chi connectivity index (χ3n) is 4.69. The standard InChI is InChI=1S/C22H26N4O2/c23-22(24)25-12-5-2-6-13-26-14-15-28-20(16-26)18-10-7-11-19(27)21(18)17-8-3-1-4-9-17/h1,3-4,7-11,14-16,21H,2,5-6,12-13H2,(H4,23,24,25). The zero-order valence-corrected chi connectivity index (χ0v) is 15.8. The number of hydrogen-bond donors (Lipinski definition) is 3. The molecule has 1 aliphatic carbocycles. The first kappa shape index (κ1) is 19.5. The van der Waals surface area contributed by atoms with Gasteiger partial charge < -0.3 is 20.7 Å². The van der Waals surface area contributed by atoms with Gasteiger partial charge >= 0.3 is 0 Å². The Morgan fingerprint density at radius 1 is 1.21 bits per heavy atom. The van der Waals surface area contributed by atoms with Crippen LogP contribution in [0.2, 0.25) is 0 Å². The van der Waals surface area contributed by atoms with E-state index in [2.05, 4.69) is 10.2 Å². The van der Waals surface area contributed by atoms with Crippen LogP contribution in [-0.4, -0.2) is 29.7 Å². The van der Waals surface area contributed by atoms with Crippen molar-refractivity contribution in [2.75, 3.05) is 13.1 Å². The van der Waals surface area contributed by atoms with Crippen LogP contribution in [0.5, 0.6) is 0 Å². The van der Waals surface area contributed by atoms with E-state index in [0.29, 0.717) is 5.76 Å². The zero-order chi connectivity index (χ0) is 19.8. The number of carbonyl (C=O) groups excluding carboxylic acids is 1. The van der Waals surface area contributed by atoms with E-state index in [-0.39, 0.29) is 17.7 Å². The van der Waals surface area contributed by atoms with Crippen LogP contribution in [-0.2, 0) is 9.53 Å². The van der Waals surface area contributed by atoms with Crippen molar-refractivity contribution in [3.05, 3.63) is 84.1 Å². The molecule has 3 rings (SSSR count). The maximum atomic E-state index is 12.6. The van der Waals surface area contributed by atoms with Crippen LogP contribution in [0.15, 0.2) is 78.6 Å². The van der Waals surface area contributed by atoms with Crippen molar-refractivity contribution in [3.63, 3.8) is 0 Å². The lowest BCUT2D eigenvalue weighted by Crippen LogP contribution is -2.30. The average Bonchev–Trinajstić information content (AvgIpc) is 2.71. The van der Waals surface area contributed by atoms with E-state index in [4.69, 9.17) is 15.9 Å². The predicted octanol–water partition coefficient (Wildman–Crippen LogP) is 3.13. The third kappa shape index (κ3) is 5.13. The molecule has 0 saturated carbocycles. The van der Waals surface area contributed by atoms with Gasteiger partial charge in [-0.1, -0.05) is 42.5 Å². The summed E-state index contributed by atoms with van der Waals surface area (Å²) in [6.45, 7) is 1.58. The van der Waals surface area contributed by atoms with E-state index in [1.54, 1.807) is 18.4 Å². The molecule has 1 aromatic carbocycles. The number of unbranched alkanes of at least 4 members (excludes halogenated alkanes) is 2. The minimum Gasteiger partial charge on any atom is -0.462 e. The molecule has 146 valence electrons. The summed E-state index contributed by atoms with van der Waals surface area (Å²) in [5.74, 6) is 0.434. The van der Waals surface area contributed by atoms with Crippen molar-refractivity contribution < 1.29 is 9.53 Å². The second-order valence-corrected chi connectivity index (χ2v) is 6.76.